The third-order valence-corrected chi connectivity index (χ3v) is 10.7. The minimum Gasteiger partial charge on any atom is -0.507 e. The lowest BCUT2D eigenvalue weighted by Gasteiger charge is -2.46. The lowest BCUT2D eigenvalue weighted by atomic mass is 9.80. The van der Waals surface area contributed by atoms with Crippen LogP contribution < -0.4 is 4.74 Å². The molecule has 11 heteroatoms. The Morgan fingerprint density at radius 1 is 0.698 bits per heavy atom. The van der Waals surface area contributed by atoms with E-state index in [1.807, 2.05) is 6.92 Å². The average molecular weight is 747 g/mol. The molecule has 2 aliphatic heterocycles. The molecule has 0 radical (unpaired) electrons. The number of ether oxygens (including phenoxy) is 6. The van der Waals surface area contributed by atoms with Gasteiger partial charge in [-0.1, -0.05) is 90.4 Å². The van der Waals surface area contributed by atoms with Crippen LogP contribution in [0.1, 0.15) is 173 Å². The fourth-order valence-corrected chi connectivity index (χ4v) is 7.75. The van der Waals surface area contributed by atoms with Crippen LogP contribution in [-0.2, 0) is 49.3 Å². The predicted octanol–water partition coefficient (Wildman–Crippen LogP) is 8.76. The van der Waals surface area contributed by atoms with Crippen LogP contribution in [0, 0.1) is 13.8 Å². The Balaban J connectivity index is 1.77. The summed E-state index contributed by atoms with van der Waals surface area (Å²) in [4.78, 5) is 49.0. The highest BCUT2D eigenvalue weighted by Gasteiger charge is 2.54. The van der Waals surface area contributed by atoms with Crippen LogP contribution in [0.4, 0.5) is 0 Å². The van der Waals surface area contributed by atoms with Gasteiger partial charge in [0.25, 0.3) is 0 Å². The van der Waals surface area contributed by atoms with Crippen LogP contribution in [0.15, 0.2) is 0 Å². The minimum atomic E-state index is -1.34. The fraction of sp³-hybridized carbons (Fsp3) is 0.762. The Morgan fingerprint density at radius 3 is 1.70 bits per heavy atom. The first-order valence-electron chi connectivity index (χ1n) is 20.0. The second kappa shape index (κ2) is 21.5. The number of fused-ring (bicyclic) bond motifs is 1. The van der Waals surface area contributed by atoms with E-state index < -0.39 is 60.0 Å². The van der Waals surface area contributed by atoms with E-state index in [4.69, 9.17) is 28.4 Å². The van der Waals surface area contributed by atoms with E-state index >= 15 is 0 Å². The number of phenolic OH excluding ortho intramolecular Hbond substituents is 1. The molecule has 2 heterocycles. The molecule has 300 valence electrons. The molecule has 0 aromatic heterocycles. The van der Waals surface area contributed by atoms with Crippen molar-refractivity contribution in [2.75, 3.05) is 6.61 Å². The predicted molar refractivity (Wildman–Crippen MR) is 201 cm³/mol. The van der Waals surface area contributed by atoms with Crippen LogP contribution >= 0.6 is 0 Å². The normalized spacial score (nSPS) is 23.7. The van der Waals surface area contributed by atoms with Gasteiger partial charge in [0.05, 0.1) is 0 Å². The average Bonchev–Trinajstić information content (AvgIpc) is 3.08. The maximum Gasteiger partial charge on any atom is 0.303 e. The summed E-state index contributed by atoms with van der Waals surface area (Å²) in [5.74, 6) is -2.15. The number of hydrogen-bond donors (Lipinski definition) is 1. The summed E-state index contributed by atoms with van der Waals surface area (Å²) in [5, 5.41) is 11.7. The van der Waals surface area contributed by atoms with Crippen molar-refractivity contribution in [3.8, 4) is 11.5 Å². The topological polar surface area (TPSA) is 144 Å². The van der Waals surface area contributed by atoms with E-state index in [1.54, 1.807) is 6.92 Å². The van der Waals surface area contributed by atoms with Crippen molar-refractivity contribution in [2.45, 2.75) is 201 Å². The Morgan fingerprint density at radius 2 is 1.19 bits per heavy atom. The molecule has 1 N–H and O–H groups in total. The van der Waals surface area contributed by atoms with Gasteiger partial charge in [0.15, 0.2) is 18.3 Å². The summed E-state index contributed by atoms with van der Waals surface area (Å²) in [7, 11) is 0. The van der Waals surface area contributed by atoms with Gasteiger partial charge in [0.1, 0.15) is 35.9 Å². The van der Waals surface area contributed by atoms with E-state index in [2.05, 4.69) is 13.8 Å². The molecule has 1 unspecified atom stereocenters. The summed E-state index contributed by atoms with van der Waals surface area (Å²) >= 11 is 0. The molecule has 1 saturated heterocycles. The number of hydrogen-bond acceptors (Lipinski definition) is 11. The smallest absolute Gasteiger partial charge is 0.303 e. The van der Waals surface area contributed by atoms with Crippen LogP contribution in [-0.4, -0.2) is 65.6 Å². The molecular formula is C42H66O11. The maximum atomic E-state index is 12.5. The van der Waals surface area contributed by atoms with Crippen molar-refractivity contribution in [1.29, 1.82) is 0 Å². The van der Waals surface area contributed by atoms with E-state index in [9.17, 15) is 24.3 Å². The summed E-state index contributed by atoms with van der Waals surface area (Å²) in [5.41, 5.74) is 1.96. The minimum absolute atomic E-state index is 0.0682. The number of rotatable bonds is 21. The molecule has 0 aliphatic carbocycles. The number of phenols is 1. The molecule has 0 bridgehead atoms. The van der Waals surface area contributed by atoms with Crippen LogP contribution in [0.2, 0.25) is 0 Å². The van der Waals surface area contributed by atoms with Crippen molar-refractivity contribution in [2.24, 2.45) is 0 Å². The number of esters is 4. The van der Waals surface area contributed by atoms with Gasteiger partial charge < -0.3 is 33.5 Å². The second-order valence-electron chi connectivity index (χ2n) is 15.3. The first-order valence-corrected chi connectivity index (χ1v) is 20.0. The summed E-state index contributed by atoms with van der Waals surface area (Å²) in [6.07, 6.45) is 14.0. The Hall–Kier alpha value is -3.34. The van der Waals surface area contributed by atoms with Gasteiger partial charge >= 0.3 is 23.9 Å². The van der Waals surface area contributed by atoms with E-state index in [-0.39, 0.29) is 12.4 Å². The largest absolute Gasteiger partial charge is 0.507 e. The molecule has 0 amide bonds. The number of benzene rings is 1. The molecule has 1 aromatic carbocycles. The summed E-state index contributed by atoms with van der Waals surface area (Å²) < 4.78 is 35.5. The number of carbonyl (C=O) groups is 4. The molecule has 2 aliphatic rings. The van der Waals surface area contributed by atoms with Crippen molar-refractivity contribution >= 4 is 23.9 Å². The zero-order valence-electron chi connectivity index (χ0n) is 33.6. The van der Waals surface area contributed by atoms with Gasteiger partial charge in [0.2, 0.25) is 0 Å². The monoisotopic (exact) mass is 746 g/mol. The third-order valence-electron chi connectivity index (χ3n) is 10.7. The van der Waals surface area contributed by atoms with E-state index in [0.717, 1.165) is 24.8 Å². The van der Waals surface area contributed by atoms with Crippen LogP contribution in [0.25, 0.3) is 0 Å². The molecular weight excluding hydrogens is 680 g/mol. The van der Waals surface area contributed by atoms with E-state index in [1.165, 1.54) is 105 Å². The maximum absolute atomic E-state index is 12.5. The molecule has 6 atom stereocenters. The quantitative estimate of drug-likeness (QED) is 0.0732. The van der Waals surface area contributed by atoms with Crippen molar-refractivity contribution in [1.82, 2.24) is 0 Å². The highest BCUT2D eigenvalue weighted by atomic mass is 16.7. The van der Waals surface area contributed by atoms with Crippen molar-refractivity contribution in [3.63, 3.8) is 0 Å². The first kappa shape index (κ1) is 44.1. The van der Waals surface area contributed by atoms with Crippen LogP contribution in [0.3, 0.4) is 0 Å². The van der Waals surface area contributed by atoms with Gasteiger partial charge in [-0.3, -0.25) is 19.2 Å². The fourth-order valence-electron chi connectivity index (χ4n) is 7.75. The molecule has 53 heavy (non-hydrogen) atoms. The van der Waals surface area contributed by atoms with Gasteiger partial charge in [-0.15, -0.1) is 0 Å². The molecule has 0 spiro atoms. The Bertz CT molecular complexity index is 1370. The van der Waals surface area contributed by atoms with Crippen molar-refractivity contribution in [3.05, 3.63) is 22.3 Å². The Kier molecular flexibility index (Phi) is 17.9. The number of carbonyl (C=O) groups excluding carboxylic acids is 4. The molecule has 1 fully saturated rings. The van der Waals surface area contributed by atoms with E-state index in [0.29, 0.717) is 35.3 Å². The number of unbranched alkanes of at least 4 members (excludes halogenated alkanes) is 13. The second-order valence-corrected chi connectivity index (χ2v) is 15.3. The molecule has 11 nitrogen and oxygen atoms in total. The molecule has 3 rings (SSSR count). The zero-order valence-corrected chi connectivity index (χ0v) is 33.6. The van der Waals surface area contributed by atoms with Gasteiger partial charge in [-0.25, -0.2) is 0 Å². The summed E-state index contributed by atoms with van der Waals surface area (Å²) in [6, 6.07) is 0. The van der Waals surface area contributed by atoms with Crippen molar-refractivity contribution < 1.29 is 52.7 Å². The molecule has 1 aromatic rings. The number of aromatic hydroxyl groups is 1. The highest BCUT2D eigenvalue weighted by Crippen LogP contribution is 2.50. The highest BCUT2D eigenvalue weighted by molar-refractivity contribution is 5.69. The summed E-state index contributed by atoms with van der Waals surface area (Å²) in [6.45, 7) is 12.5. The van der Waals surface area contributed by atoms with Crippen LogP contribution in [0.5, 0.6) is 11.5 Å². The Labute approximate surface area is 317 Å². The molecule has 0 saturated carbocycles. The lowest BCUT2D eigenvalue weighted by molar-refractivity contribution is -0.254. The standard InChI is InChI=1S/C42H66O11/c1-9-10-11-12-13-14-15-16-17-18-19-20-21-22-24-42(8)25-23-33-35(36(47)27(2)28(3)37(33)53-42)39-41(51-32(7)46)40(50-31(6)45)38(49-30(5)44)34(52-39)26-48-29(4)43/h34,38-41,47H,9-26H2,1-8H3/t34-,38-,39+,40+,41+,42?/m1/s1. The SMILES string of the molecule is CCCCCCCCCCCCCCCCC1(C)CCc2c(c(C)c(C)c(O)c2[C@@H]2O[C@H](COC(C)=O)[C@@H](OC(C)=O)[C@H](OC(C)=O)[C@H]2OC(C)=O)O1. The van der Waals surface area contributed by atoms with Gasteiger partial charge in [-0.2, -0.15) is 0 Å². The van der Waals surface area contributed by atoms with Gasteiger partial charge in [0, 0.05) is 38.8 Å². The third kappa shape index (κ3) is 13.2. The van der Waals surface area contributed by atoms with Gasteiger partial charge in [-0.05, 0) is 57.6 Å². The lowest BCUT2D eigenvalue weighted by Crippen LogP contribution is -2.59. The first-order chi connectivity index (χ1) is 25.2. The zero-order chi connectivity index (χ0) is 39.1.